The molecule has 0 unspecified atom stereocenters. The summed E-state index contributed by atoms with van der Waals surface area (Å²) in [7, 11) is 1.96. The third-order valence-corrected chi connectivity index (χ3v) is 3.96. The van der Waals surface area contributed by atoms with Crippen LogP contribution in [-0.2, 0) is 0 Å². The van der Waals surface area contributed by atoms with Gasteiger partial charge in [-0.2, -0.15) is 5.26 Å². The minimum Gasteiger partial charge on any atom is -0.374 e. The van der Waals surface area contributed by atoms with Gasteiger partial charge in [-0.25, -0.2) is 4.98 Å². The highest BCUT2D eigenvalue weighted by atomic mass is 16.1. The summed E-state index contributed by atoms with van der Waals surface area (Å²) < 4.78 is 0. The van der Waals surface area contributed by atoms with Crippen LogP contribution in [0.3, 0.4) is 0 Å². The predicted molar refractivity (Wildman–Crippen MR) is 101 cm³/mol. The van der Waals surface area contributed by atoms with Gasteiger partial charge in [0.1, 0.15) is 5.82 Å². The summed E-state index contributed by atoms with van der Waals surface area (Å²) in [5.41, 5.74) is 2.61. The van der Waals surface area contributed by atoms with Crippen LogP contribution in [0.4, 0.5) is 5.69 Å². The third kappa shape index (κ3) is 3.93. The zero-order chi connectivity index (χ0) is 17.6. The summed E-state index contributed by atoms with van der Waals surface area (Å²) in [6, 6.07) is 17.4. The molecule has 5 heteroatoms. The average molecular weight is 330 g/mol. The molecule has 0 radical (unpaired) electrons. The SMILES string of the molecule is CN(CCC#N)c1ccc(C=Cc2nc3ccccc3c(=O)[nH]2)cc1. The van der Waals surface area contributed by atoms with Crippen LogP contribution in [0.5, 0.6) is 0 Å². The molecule has 25 heavy (non-hydrogen) atoms. The molecule has 3 aromatic rings. The van der Waals surface area contributed by atoms with Crippen LogP contribution in [0.2, 0.25) is 0 Å². The third-order valence-electron chi connectivity index (χ3n) is 3.96. The lowest BCUT2D eigenvalue weighted by atomic mass is 10.1. The van der Waals surface area contributed by atoms with Crippen molar-refractivity contribution in [3.05, 3.63) is 70.3 Å². The normalized spacial score (nSPS) is 10.9. The number of aromatic nitrogens is 2. The topological polar surface area (TPSA) is 72.8 Å². The monoisotopic (exact) mass is 330 g/mol. The van der Waals surface area contributed by atoms with Crippen molar-refractivity contribution in [1.82, 2.24) is 9.97 Å². The minimum absolute atomic E-state index is 0.139. The van der Waals surface area contributed by atoms with E-state index in [4.69, 9.17) is 5.26 Å². The minimum atomic E-state index is -0.139. The Hall–Kier alpha value is -3.39. The fraction of sp³-hybridized carbons (Fsp3) is 0.150. The lowest BCUT2D eigenvalue weighted by Gasteiger charge is -2.17. The summed E-state index contributed by atoms with van der Waals surface area (Å²) in [5.74, 6) is 0.527. The number of benzene rings is 2. The molecule has 5 nitrogen and oxygen atoms in total. The van der Waals surface area contributed by atoms with Crippen molar-refractivity contribution >= 4 is 28.7 Å². The molecule has 2 aromatic carbocycles. The largest absolute Gasteiger partial charge is 0.374 e. The van der Waals surface area contributed by atoms with E-state index >= 15 is 0 Å². The molecular weight excluding hydrogens is 312 g/mol. The number of H-pyrrole nitrogens is 1. The number of aromatic amines is 1. The molecule has 1 N–H and O–H groups in total. The number of rotatable bonds is 5. The van der Waals surface area contributed by atoms with Gasteiger partial charge in [-0.3, -0.25) is 4.79 Å². The number of nitriles is 1. The van der Waals surface area contributed by atoms with Crippen LogP contribution in [0.1, 0.15) is 17.8 Å². The van der Waals surface area contributed by atoms with E-state index in [9.17, 15) is 4.79 Å². The Morgan fingerprint density at radius 2 is 1.92 bits per heavy atom. The van der Waals surface area contributed by atoms with E-state index in [1.54, 1.807) is 12.1 Å². The molecule has 0 spiro atoms. The maximum Gasteiger partial charge on any atom is 0.259 e. The zero-order valence-electron chi connectivity index (χ0n) is 13.9. The fourth-order valence-electron chi connectivity index (χ4n) is 2.55. The zero-order valence-corrected chi connectivity index (χ0v) is 13.9. The van der Waals surface area contributed by atoms with Crippen LogP contribution < -0.4 is 10.5 Å². The molecule has 0 aliphatic heterocycles. The van der Waals surface area contributed by atoms with Crippen molar-refractivity contribution < 1.29 is 0 Å². The second kappa shape index (κ2) is 7.45. The van der Waals surface area contributed by atoms with Crippen molar-refractivity contribution in [2.24, 2.45) is 0 Å². The number of para-hydroxylation sites is 1. The van der Waals surface area contributed by atoms with Gasteiger partial charge in [0.15, 0.2) is 0 Å². The van der Waals surface area contributed by atoms with E-state index in [0.29, 0.717) is 29.7 Å². The Morgan fingerprint density at radius 3 is 2.68 bits per heavy atom. The fourth-order valence-corrected chi connectivity index (χ4v) is 2.55. The molecule has 0 saturated carbocycles. The van der Waals surface area contributed by atoms with E-state index < -0.39 is 0 Å². The Kier molecular flexibility index (Phi) is 4.91. The maximum atomic E-state index is 12.1. The highest BCUT2D eigenvalue weighted by Crippen LogP contribution is 2.15. The van der Waals surface area contributed by atoms with E-state index in [2.05, 4.69) is 16.0 Å². The molecular formula is C20H18N4O. The van der Waals surface area contributed by atoms with Gasteiger partial charge < -0.3 is 9.88 Å². The molecule has 0 aliphatic carbocycles. The highest BCUT2D eigenvalue weighted by Gasteiger charge is 2.01. The molecule has 1 heterocycles. The van der Waals surface area contributed by atoms with Crippen molar-refractivity contribution in [3.8, 4) is 6.07 Å². The predicted octanol–water partition coefficient (Wildman–Crippen LogP) is 3.44. The van der Waals surface area contributed by atoms with E-state index in [-0.39, 0.29) is 5.56 Å². The van der Waals surface area contributed by atoms with Gasteiger partial charge in [0, 0.05) is 19.3 Å². The van der Waals surface area contributed by atoms with Crippen LogP contribution >= 0.6 is 0 Å². The lowest BCUT2D eigenvalue weighted by molar-refractivity contribution is 0.905. The first-order chi connectivity index (χ1) is 12.2. The summed E-state index contributed by atoms with van der Waals surface area (Å²) >= 11 is 0. The maximum absolute atomic E-state index is 12.1. The van der Waals surface area contributed by atoms with E-state index in [1.807, 2.05) is 60.5 Å². The van der Waals surface area contributed by atoms with Crippen molar-refractivity contribution in [3.63, 3.8) is 0 Å². The van der Waals surface area contributed by atoms with Gasteiger partial charge in [-0.05, 0) is 35.9 Å². The number of anilines is 1. The Bertz CT molecular complexity index is 997. The van der Waals surface area contributed by atoms with Gasteiger partial charge in [0.25, 0.3) is 5.56 Å². The van der Waals surface area contributed by atoms with Gasteiger partial charge >= 0.3 is 0 Å². The first-order valence-corrected chi connectivity index (χ1v) is 8.02. The standard InChI is InChI=1S/C20H18N4O/c1-24(14-4-13-21)16-10-7-15(8-11-16)9-12-19-22-18-6-3-2-5-17(18)20(25)23-19/h2-3,5-12H,4,14H2,1H3,(H,22,23,25). The summed E-state index contributed by atoms with van der Waals surface area (Å²) in [5, 5.41) is 9.24. The van der Waals surface area contributed by atoms with Gasteiger partial charge in [0.2, 0.25) is 0 Å². The van der Waals surface area contributed by atoms with Crippen molar-refractivity contribution in [1.29, 1.82) is 5.26 Å². The molecule has 0 amide bonds. The number of hydrogen-bond acceptors (Lipinski definition) is 4. The highest BCUT2D eigenvalue weighted by molar-refractivity contribution is 5.79. The molecule has 0 fully saturated rings. The van der Waals surface area contributed by atoms with Gasteiger partial charge in [-0.15, -0.1) is 0 Å². The quantitative estimate of drug-likeness (QED) is 0.778. The number of fused-ring (bicyclic) bond motifs is 1. The Balaban J connectivity index is 1.78. The lowest BCUT2D eigenvalue weighted by Crippen LogP contribution is -2.17. The second-order valence-electron chi connectivity index (χ2n) is 5.72. The molecule has 124 valence electrons. The van der Waals surface area contributed by atoms with E-state index in [0.717, 1.165) is 11.3 Å². The number of nitrogens with zero attached hydrogens (tertiary/aromatic N) is 3. The number of nitrogens with one attached hydrogen (secondary N) is 1. The molecule has 0 aliphatic rings. The van der Waals surface area contributed by atoms with Crippen LogP contribution in [0, 0.1) is 11.3 Å². The first kappa shape index (κ1) is 16.5. The van der Waals surface area contributed by atoms with Crippen LogP contribution in [-0.4, -0.2) is 23.6 Å². The summed E-state index contributed by atoms with van der Waals surface area (Å²) in [4.78, 5) is 21.3. The summed E-state index contributed by atoms with van der Waals surface area (Å²) in [6.07, 6.45) is 4.20. The van der Waals surface area contributed by atoms with E-state index in [1.165, 1.54) is 0 Å². The second-order valence-corrected chi connectivity index (χ2v) is 5.72. The molecule has 0 bridgehead atoms. The van der Waals surface area contributed by atoms with Crippen molar-refractivity contribution in [2.45, 2.75) is 6.42 Å². The molecule has 0 saturated heterocycles. The Labute approximate surface area is 145 Å². The smallest absolute Gasteiger partial charge is 0.259 e. The number of hydrogen-bond donors (Lipinski definition) is 1. The molecule has 1 aromatic heterocycles. The van der Waals surface area contributed by atoms with Crippen molar-refractivity contribution in [2.75, 3.05) is 18.5 Å². The van der Waals surface area contributed by atoms with Crippen LogP contribution in [0.15, 0.2) is 53.3 Å². The average Bonchev–Trinajstić information content (AvgIpc) is 2.65. The Morgan fingerprint density at radius 1 is 1.16 bits per heavy atom. The van der Waals surface area contributed by atoms with Crippen LogP contribution in [0.25, 0.3) is 23.1 Å². The first-order valence-electron chi connectivity index (χ1n) is 8.02. The molecule has 0 atom stereocenters. The van der Waals surface area contributed by atoms with Gasteiger partial charge in [-0.1, -0.05) is 30.3 Å². The summed E-state index contributed by atoms with van der Waals surface area (Å²) in [6.45, 7) is 0.702. The van der Waals surface area contributed by atoms with Gasteiger partial charge in [0.05, 0.1) is 23.4 Å². The molecule has 3 rings (SSSR count).